The van der Waals surface area contributed by atoms with E-state index in [9.17, 15) is 9.59 Å². The maximum Gasteiger partial charge on any atom is 0.408 e. The summed E-state index contributed by atoms with van der Waals surface area (Å²) in [7, 11) is 0. The van der Waals surface area contributed by atoms with Crippen LogP contribution in [0, 0.1) is 0 Å². The molecule has 1 saturated heterocycles. The molecular formula is C18H27N3O3. The topological polar surface area (TPSA) is 61.9 Å². The van der Waals surface area contributed by atoms with Crippen LogP contribution in [0.15, 0.2) is 30.3 Å². The van der Waals surface area contributed by atoms with Crippen LogP contribution >= 0.6 is 0 Å². The number of carbonyl (C=O) groups excluding carboxylic acids is 2. The van der Waals surface area contributed by atoms with Crippen LogP contribution in [0.5, 0.6) is 0 Å². The average Bonchev–Trinajstić information content (AvgIpc) is 2.53. The van der Waals surface area contributed by atoms with E-state index in [0.29, 0.717) is 13.1 Å². The van der Waals surface area contributed by atoms with E-state index >= 15 is 0 Å². The van der Waals surface area contributed by atoms with Crippen molar-refractivity contribution in [2.24, 2.45) is 0 Å². The van der Waals surface area contributed by atoms with Crippen molar-refractivity contribution in [3.05, 3.63) is 35.9 Å². The standard InChI is InChI=1S/C18H27N3O3/c1-18(2,3)24-17(23)19-13-16(22)21-11-9-20(10-12-21)14-15-7-5-4-6-8-15/h4-8H,9-14H2,1-3H3,(H,19,23). The van der Waals surface area contributed by atoms with Gasteiger partial charge in [-0.25, -0.2) is 4.79 Å². The highest BCUT2D eigenvalue weighted by Crippen LogP contribution is 2.09. The maximum atomic E-state index is 12.2. The number of nitrogens with zero attached hydrogens (tertiary/aromatic N) is 2. The van der Waals surface area contributed by atoms with E-state index in [1.807, 2.05) is 18.2 Å². The molecule has 0 spiro atoms. The van der Waals surface area contributed by atoms with E-state index in [1.165, 1.54) is 5.56 Å². The average molecular weight is 333 g/mol. The lowest BCUT2D eigenvalue weighted by atomic mass is 10.2. The van der Waals surface area contributed by atoms with E-state index < -0.39 is 11.7 Å². The number of piperazine rings is 1. The van der Waals surface area contributed by atoms with Crippen molar-refractivity contribution in [2.45, 2.75) is 32.9 Å². The second-order valence-electron chi connectivity index (χ2n) is 7.00. The molecule has 6 nitrogen and oxygen atoms in total. The van der Waals surface area contributed by atoms with Gasteiger partial charge in [-0.1, -0.05) is 30.3 Å². The Morgan fingerprint density at radius 3 is 2.29 bits per heavy atom. The van der Waals surface area contributed by atoms with Crippen LogP contribution in [0.4, 0.5) is 4.79 Å². The lowest BCUT2D eigenvalue weighted by Crippen LogP contribution is -2.51. The van der Waals surface area contributed by atoms with Crippen LogP contribution in [0.1, 0.15) is 26.3 Å². The van der Waals surface area contributed by atoms with E-state index in [2.05, 4.69) is 22.3 Å². The summed E-state index contributed by atoms with van der Waals surface area (Å²) >= 11 is 0. The molecule has 1 fully saturated rings. The van der Waals surface area contributed by atoms with Crippen molar-refractivity contribution in [3.8, 4) is 0 Å². The Morgan fingerprint density at radius 1 is 1.08 bits per heavy atom. The summed E-state index contributed by atoms with van der Waals surface area (Å²) in [6.45, 7) is 9.30. The number of rotatable bonds is 4. The van der Waals surface area contributed by atoms with Crippen LogP contribution < -0.4 is 5.32 Å². The highest BCUT2D eigenvalue weighted by molar-refractivity contribution is 5.82. The molecule has 0 aliphatic carbocycles. The van der Waals surface area contributed by atoms with Crippen LogP contribution in [0.25, 0.3) is 0 Å². The molecule has 2 amide bonds. The fourth-order valence-electron chi connectivity index (χ4n) is 2.57. The summed E-state index contributed by atoms with van der Waals surface area (Å²) < 4.78 is 5.13. The molecule has 0 unspecified atom stereocenters. The molecule has 24 heavy (non-hydrogen) atoms. The number of carbonyl (C=O) groups is 2. The Hall–Kier alpha value is -2.08. The van der Waals surface area contributed by atoms with E-state index in [4.69, 9.17) is 4.74 Å². The lowest BCUT2D eigenvalue weighted by molar-refractivity contribution is -0.132. The fraction of sp³-hybridized carbons (Fsp3) is 0.556. The summed E-state index contributed by atoms with van der Waals surface area (Å²) in [5.74, 6) is -0.0692. The van der Waals surface area contributed by atoms with Gasteiger partial charge in [0.2, 0.25) is 5.91 Å². The molecule has 1 N–H and O–H groups in total. The lowest BCUT2D eigenvalue weighted by Gasteiger charge is -2.34. The van der Waals surface area contributed by atoms with Gasteiger partial charge in [0.25, 0.3) is 0 Å². The third kappa shape index (κ3) is 6.20. The van der Waals surface area contributed by atoms with Gasteiger partial charge in [-0.3, -0.25) is 9.69 Å². The van der Waals surface area contributed by atoms with E-state index in [-0.39, 0.29) is 12.5 Å². The zero-order valence-corrected chi connectivity index (χ0v) is 14.7. The predicted molar refractivity (Wildman–Crippen MR) is 92.5 cm³/mol. The highest BCUT2D eigenvalue weighted by atomic mass is 16.6. The van der Waals surface area contributed by atoms with Crippen molar-refractivity contribution in [1.82, 2.24) is 15.1 Å². The molecule has 1 aliphatic heterocycles. The monoisotopic (exact) mass is 333 g/mol. The summed E-state index contributed by atoms with van der Waals surface area (Å²) in [5, 5.41) is 2.52. The van der Waals surface area contributed by atoms with Crippen molar-refractivity contribution in [2.75, 3.05) is 32.7 Å². The smallest absolute Gasteiger partial charge is 0.408 e. The largest absolute Gasteiger partial charge is 0.444 e. The van der Waals surface area contributed by atoms with Crippen molar-refractivity contribution in [3.63, 3.8) is 0 Å². The minimum atomic E-state index is -0.559. The second-order valence-corrected chi connectivity index (χ2v) is 7.00. The molecule has 0 radical (unpaired) electrons. The first kappa shape index (κ1) is 18.3. The molecule has 132 valence electrons. The molecule has 0 aromatic heterocycles. The highest BCUT2D eigenvalue weighted by Gasteiger charge is 2.22. The zero-order chi connectivity index (χ0) is 17.6. The number of benzene rings is 1. The zero-order valence-electron chi connectivity index (χ0n) is 14.7. The Morgan fingerprint density at radius 2 is 1.71 bits per heavy atom. The molecule has 1 heterocycles. The van der Waals surface area contributed by atoms with Crippen LogP contribution in [0.2, 0.25) is 0 Å². The van der Waals surface area contributed by atoms with Crippen LogP contribution in [-0.4, -0.2) is 60.1 Å². The summed E-state index contributed by atoms with van der Waals surface area (Å²) in [6, 6.07) is 10.3. The van der Waals surface area contributed by atoms with Crippen molar-refractivity contribution >= 4 is 12.0 Å². The van der Waals surface area contributed by atoms with Gasteiger partial charge in [0.05, 0.1) is 0 Å². The second kappa shape index (κ2) is 8.15. The quantitative estimate of drug-likeness (QED) is 0.913. The summed E-state index contributed by atoms with van der Waals surface area (Å²) in [6.07, 6.45) is -0.557. The number of hydrogen-bond acceptors (Lipinski definition) is 4. The number of alkyl carbamates (subject to hydrolysis) is 1. The van der Waals surface area contributed by atoms with E-state index in [1.54, 1.807) is 25.7 Å². The van der Waals surface area contributed by atoms with Crippen LogP contribution in [0.3, 0.4) is 0 Å². The molecule has 2 rings (SSSR count). The fourth-order valence-corrected chi connectivity index (χ4v) is 2.57. The summed E-state index contributed by atoms with van der Waals surface area (Å²) in [5.41, 5.74) is 0.722. The third-order valence-corrected chi connectivity index (χ3v) is 3.76. The Balaban J connectivity index is 1.70. The third-order valence-electron chi connectivity index (χ3n) is 3.76. The predicted octanol–water partition coefficient (Wildman–Crippen LogP) is 1.86. The van der Waals surface area contributed by atoms with Gasteiger partial charge in [0.1, 0.15) is 12.1 Å². The number of ether oxygens (including phenoxy) is 1. The first-order valence-electron chi connectivity index (χ1n) is 8.34. The van der Waals surface area contributed by atoms with Gasteiger partial charge in [-0.2, -0.15) is 0 Å². The minimum absolute atomic E-state index is 0.0202. The van der Waals surface area contributed by atoms with Crippen molar-refractivity contribution < 1.29 is 14.3 Å². The van der Waals surface area contributed by atoms with Gasteiger partial charge >= 0.3 is 6.09 Å². The van der Waals surface area contributed by atoms with Gasteiger partial charge in [0, 0.05) is 32.7 Å². The maximum absolute atomic E-state index is 12.2. The normalized spacial score (nSPS) is 15.9. The Kier molecular flexibility index (Phi) is 6.20. The molecule has 0 saturated carbocycles. The van der Waals surface area contributed by atoms with E-state index in [0.717, 1.165) is 19.6 Å². The molecule has 0 bridgehead atoms. The Bertz CT molecular complexity index is 546. The first-order valence-corrected chi connectivity index (χ1v) is 8.34. The molecule has 1 aliphatic rings. The number of hydrogen-bond donors (Lipinski definition) is 1. The molecule has 1 aromatic carbocycles. The molecule has 0 atom stereocenters. The Labute approximate surface area is 143 Å². The number of amides is 2. The summed E-state index contributed by atoms with van der Waals surface area (Å²) in [4.78, 5) is 27.9. The van der Waals surface area contributed by atoms with Crippen LogP contribution in [-0.2, 0) is 16.1 Å². The molecule has 1 aromatic rings. The van der Waals surface area contributed by atoms with Gasteiger partial charge < -0.3 is 15.0 Å². The SMILES string of the molecule is CC(C)(C)OC(=O)NCC(=O)N1CCN(Cc2ccccc2)CC1. The minimum Gasteiger partial charge on any atom is -0.444 e. The first-order chi connectivity index (χ1) is 11.3. The van der Waals surface area contributed by atoms with Gasteiger partial charge in [-0.15, -0.1) is 0 Å². The van der Waals surface area contributed by atoms with Gasteiger partial charge in [0.15, 0.2) is 0 Å². The number of nitrogens with one attached hydrogen (secondary N) is 1. The van der Waals surface area contributed by atoms with Crippen molar-refractivity contribution in [1.29, 1.82) is 0 Å². The molecule has 6 heteroatoms. The molecular weight excluding hydrogens is 306 g/mol. The van der Waals surface area contributed by atoms with Gasteiger partial charge in [-0.05, 0) is 26.3 Å².